The van der Waals surface area contributed by atoms with Gasteiger partial charge in [-0.05, 0) is 20.8 Å². The minimum Gasteiger partial charge on any atom is -0.569 e. The number of β-amino-alcohol motifs (C(OH)–C–C–N with tert-alkyl or cyclic N) is 1. The third kappa shape index (κ3) is 4.06. The number of carbonyl (C=O) groups excluding carboxylic acids is 1. The number of carbonyl (C=O) groups is 1. The van der Waals surface area contributed by atoms with Crippen molar-refractivity contribution in [3.05, 3.63) is 5.21 Å². The van der Waals surface area contributed by atoms with Crippen molar-refractivity contribution in [3.63, 3.8) is 0 Å². The molecule has 0 spiro atoms. The summed E-state index contributed by atoms with van der Waals surface area (Å²) >= 11 is 0. The van der Waals surface area contributed by atoms with E-state index in [4.69, 9.17) is 9.84 Å². The van der Waals surface area contributed by atoms with Gasteiger partial charge in [0.2, 0.25) is 5.28 Å². The van der Waals surface area contributed by atoms with Crippen LogP contribution in [0, 0.1) is 10.6 Å². The van der Waals surface area contributed by atoms with Crippen LogP contribution < -0.4 is 0 Å². The van der Waals surface area contributed by atoms with Crippen molar-refractivity contribution in [1.29, 1.82) is 0 Å². The molecule has 1 aliphatic rings. The van der Waals surface area contributed by atoms with Crippen molar-refractivity contribution in [2.45, 2.75) is 26.9 Å². The second-order valence-electron chi connectivity index (χ2n) is 4.79. The summed E-state index contributed by atoms with van der Waals surface area (Å²) in [7, 11) is 0. The smallest absolute Gasteiger partial charge is 0.314 e. The highest BCUT2D eigenvalue weighted by Gasteiger charge is 2.31. The van der Waals surface area contributed by atoms with Gasteiger partial charge in [0, 0.05) is 0 Å². The van der Waals surface area contributed by atoms with Crippen molar-refractivity contribution in [2.24, 2.45) is 10.7 Å². The number of aliphatic hydroxyl groups is 1. The molecule has 1 N–H and O–H groups in total. The van der Waals surface area contributed by atoms with Crippen LogP contribution in [0.2, 0.25) is 0 Å². The lowest BCUT2D eigenvalue weighted by Crippen LogP contribution is -2.53. The monoisotopic (exact) mass is 247 g/mol. The Labute approximate surface area is 98.9 Å². The van der Waals surface area contributed by atoms with E-state index in [-0.39, 0.29) is 18.1 Å². The van der Waals surface area contributed by atoms with E-state index in [1.807, 2.05) is 0 Å². The molecule has 8 nitrogen and oxygen atoms in total. The number of rotatable bonds is 4. The number of aliphatic hydroxyl groups excluding tert-OH is 1. The maximum absolute atomic E-state index is 11.3. The second-order valence-corrected chi connectivity index (χ2v) is 4.79. The van der Waals surface area contributed by atoms with Gasteiger partial charge in [-0.1, -0.05) is 0 Å². The van der Waals surface area contributed by atoms with Gasteiger partial charge < -0.3 is 19.9 Å². The fourth-order valence-electron chi connectivity index (χ4n) is 0.994. The van der Waals surface area contributed by atoms with Crippen LogP contribution in [0.3, 0.4) is 0 Å². The minimum atomic E-state index is -0.623. The number of ether oxygens (including phenoxy) is 1. The summed E-state index contributed by atoms with van der Waals surface area (Å²) < 4.78 is 4.72. The Kier molecular flexibility index (Phi) is 4.11. The molecular formula is C9H17N3O5. The molecule has 1 heterocycles. The van der Waals surface area contributed by atoms with Gasteiger partial charge in [-0.25, -0.2) is 0 Å². The molecule has 17 heavy (non-hydrogen) atoms. The summed E-state index contributed by atoms with van der Waals surface area (Å²) in [5.41, 5.74) is -0.623. The minimum absolute atomic E-state index is 0.220. The highest BCUT2D eigenvalue weighted by Crippen LogP contribution is 2.14. The van der Waals surface area contributed by atoms with Crippen molar-refractivity contribution >= 4 is 5.97 Å². The summed E-state index contributed by atoms with van der Waals surface area (Å²) in [6, 6.07) is 0. The van der Waals surface area contributed by atoms with Gasteiger partial charge in [0.05, 0.1) is 10.4 Å². The first-order valence-corrected chi connectivity index (χ1v) is 5.21. The summed E-state index contributed by atoms with van der Waals surface area (Å²) in [5.74, 6) is -0.440. The van der Waals surface area contributed by atoms with Gasteiger partial charge in [0.25, 0.3) is 6.79 Å². The molecule has 98 valence electrons. The lowest BCUT2D eigenvalue weighted by molar-refractivity contribution is -0.727. The Balaban J connectivity index is 2.19. The zero-order chi connectivity index (χ0) is 13.1. The van der Waals surface area contributed by atoms with E-state index in [0.29, 0.717) is 0 Å². The molecule has 1 rings (SSSR count). The molecule has 0 aromatic carbocycles. The van der Waals surface area contributed by atoms with E-state index in [2.05, 4.69) is 10.1 Å². The number of esters is 1. The molecule has 0 radical (unpaired) electrons. The van der Waals surface area contributed by atoms with E-state index in [1.54, 1.807) is 20.8 Å². The lowest BCUT2D eigenvalue weighted by atomic mass is 9.98. The fraction of sp³-hybridized carbons (Fsp3) is 0.889. The van der Waals surface area contributed by atoms with Gasteiger partial charge in [0.15, 0.2) is 0 Å². The topological polar surface area (TPSA) is 97.4 Å². The first-order chi connectivity index (χ1) is 7.80. The van der Waals surface area contributed by atoms with Gasteiger partial charge in [-0.2, -0.15) is 0 Å². The predicted octanol–water partition coefficient (Wildman–Crippen LogP) is 0.0188. The van der Waals surface area contributed by atoms with Crippen LogP contribution >= 0.6 is 0 Å². The molecular weight excluding hydrogens is 230 g/mol. The van der Waals surface area contributed by atoms with E-state index >= 15 is 0 Å². The third-order valence-electron chi connectivity index (χ3n) is 2.07. The molecule has 1 aliphatic heterocycles. The van der Waals surface area contributed by atoms with Crippen LogP contribution in [0.15, 0.2) is 5.28 Å². The lowest BCUT2D eigenvalue weighted by Gasteiger charge is -2.30. The molecule has 0 saturated carbocycles. The normalized spacial score (nSPS) is 17.6. The van der Waals surface area contributed by atoms with Gasteiger partial charge in [-0.15, -0.1) is 5.01 Å². The van der Waals surface area contributed by atoms with Crippen LogP contribution in [-0.4, -0.2) is 47.0 Å². The van der Waals surface area contributed by atoms with Crippen molar-refractivity contribution in [2.75, 3.05) is 19.9 Å². The van der Waals surface area contributed by atoms with Crippen LogP contribution in [0.4, 0.5) is 0 Å². The Morgan fingerprint density at radius 2 is 2.18 bits per heavy atom. The Morgan fingerprint density at radius 1 is 1.59 bits per heavy atom. The van der Waals surface area contributed by atoms with E-state index in [0.717, 1.165) is 0 Å². The maximum Gasteiger partial charge on any atom is 0.314 e. The molecule has 0 aromatic heterocycles. The number of nitrogens with zero attached hydrogens (tertiary/aromatic N) is 3. The zero-order valence-electron chi connectivity index (χ0n) is 10.1. The largest absolute Gasteiger partial charge is 0.569 e. The number of hydrogen-bond donors (Lipinski definition) is 1. The Morgan fingerprint density at radius 3 is 2.65 bits per heavy atom. The summed E-state index contributed by atoms with van der Waals surface area (Å²) in [6.07, 6.45) is -0.500. The van der Waals surface area contributed by atoms with Gasteiger partial charge in [-0.3, -0.25) is 4.79 Å². The van der Waals surface area contributed by atoms with E-state index in [9.17, 15) is 10.0 Å². The fourth-order valence-corrected chi connectivity index (χ4v) is 0.994. The van der Waals surface area contributed by atoms with Crippen LogP contribution in [0.1, 0.15) is 20.8 Å². The standard InChI is InChI=1S/C9H17N3O5/c1-9(2,3)8(14)16-6-17-10-12(15)11-4-7(13)5-11/h7,13H,4-6H2,1-3H3/b12-10-. The zero-order valence-corrected chi connectivity index (χ0v) is 10.1. The molecule has 8 heteroatoms. The highest BCUT2D eigenvalue weighted by molar-refractivity contribution is 5.75. The van der Waals surface area contributed by atoms with Crippen LogP contribution in [0.25, 0.3) is 0 Å². The van der Waals surface area contributed by atoms with Crippen LogP contribution in [-0.2, 0) is 14.4 Å². The molecule has 1 fully saturated rings. The quantitative estimate of drug-likeness (QED) is 0.188. The first-order valence-electron chi connectivity index (χ1n) is 5.21. The second kappa shape index (κ2) is 5.17. The average Bonchev–Trinajstić information content (AvgIpc) is 2.17. The molecule has 0 aromatic rings. The number of hydrazine groups is 1. The molecule has 0 atom stereocenters. The van der Waals surface area contributed by atoms with Crippen molar-refractivity contribution < 1.29 is 24.4 Å². The Hall–Kier alpha value is -1.57. The molecule has 0 bridgehead atoms. The summed E-state index contributed by atoms with van der Waals surface area (Å²) in [4.78, 5) is 16.0. The van der Waals surface area contributed by atoms with Crippen molar-refractivity contribution in [1.82, 2.24) is 5.01 Å². The van der Waals surface area contributed by atoms with E-state index < -0.39 is 24.3 Å². The summed E-state index contributed by atoms with van der Waals surface area (Å²) in [6.45, 7) is 5.14. The molecule has 0 unspecified atom stereocenters. The van der Waals surface area contributed by atoms with Gasteiger partial charge >= 0.3 is 5.97 Å². The maximum atomic E-state index is 11.3. The van der Waals surface area contributed by atoms with Gasteiger partial charge in [0.1, 0.15) is 19.2 Å². The molecule has 0 aliphatic carbocycles. The predicted molar refractivity (Wildman–Crippen MR) is 55.1 cm³/mol. The highest BCUT2D eigenvalue weighted by atomic mass is 16.8. The average molecular weight is 247 g/mol. The van der Waals surface area contributed by atoms with Crippen LogP contribution in [0.5, 0.6) is 0 Å². The summed E-state index contributed by atoms with van der Waals surface area (Å²) in [5, 5.41) is 24.4. The first kappa shape index (κ1) is 13.5. The third-order valence-corrected chi connectivity index (χ3v) is 2.07. The Bertz CT molecular complexity index is 306. The SMILES string of the molecule is CC(C)(C)C(=O)OCO/N=[N+](\[O-])N1CC(O)C1. The molecule has 1 saturated heterocycles. The van der Waals surface area contributed by atoms with Crippen molar-refractivity contribution in [3.8, 4) is 0 Å². The number of hydrogen-bond acceptors (Lipinski definition) is 6. The van der Waals surface area contributed by atoms with E-state index in [1.165, 1.54) is 5.01 Å². The molecule has 0 amide bonds.